The fourth-order valence-corrected chi connectivity index (χ4v) is 3.06. The number of halogens is 4. The van der Waals surface area contributed by atoms with Crippen molar-refractivity contribution in [2.75, 3.05) is 25.5 Å². The van der Waals surface area contributed by atoms with Crippen LogP contribution < -0.4 is 5.32 Å². The lowest BCUT2D eigenvalue weighted by Gasteiger charge is -2.27. The zero-order valence-electron chi connectivity index (χ0n) is 15.0. The number of piperidine rings is 1. The Morgan fingerprint density at radius 1 is 1.11 bits per heavy atom. The topological polar surface area (TPSA) is 62.3 Å². The van der Waals surface area contributed by atoms with Gasteiger partial charge in [-0.05, 0) is 45.1 Å². The van der Waals surface area contributed by atoms with Crippen LogP contribution in [-0.2, 0) is 0 Å². The average molecular weight is 458 g/mol. The summed E-state index contributed by atoms with van der Waals surface area (Å²) < 4.78 is 40.4. The summed E-state index contributed by atoms with van der Waals surface area (Å²) in [4.78, 5) is 31.0. The summed E-state index contributed by atoms with van der Waals surface area (Å²) in [6.07, 6.45) is 1.44. The third-order valence-electron chi connectivity index (χ3n) is 4.57. The van der Waals surface area contributed by atoms with Gasteiger partial charge in [-0.1, -0.05) is 6.07 Å². The van der Waals surface area contributed by atoms with Crippen LogP contribution in [0.3, 0.4) is 0 Å². The molecule has 0 unspecified atom stereocenters. The fourth-order valence-electron chi connectivity index (χ4n) is 3.06. The lowest BCUT2D eigenvalue weighted by molar-refractivity contribution is 0.0851. The van der Waals surface area contributed by atoms with Gasteiger partial charge in [-0.25, -0.2) is 18.2 Å². The molecule has 1 N–H and O–H groups in total. The number of carbonyl (C=O) groups excluding carboxylic acids is 2. The second kappa shape index (κ2) is 9.29. The summed E-state index contributed by atoms with van der Waals surface area (Å²) in [7, 11) is 1.99. The SMILES string of the molecule is Br.CN1CCC(C(=O)c2cccc(NC(=O)c3c(F)cc(F)cc3F)n2)CC1. The number of nitrogens with one attached hydrogen (secondary N) is 1. The van der Waals surface area contributed by atoms with Crippen molar-refractivity contribution in [2.45, 2.75) is 12.8 Å². The molecule has 1 aromatic carbocycles. The lowest BCUT2D eigenvalue weighted by Crippen LogP contribution is -2.33. The molecule has 0 aliphatic carbocycles. The van der Waals surface area contributed by atoms with Crippen LogP contribution in [0.25, 0.3) is 0 Å². The van der Waals surface area contributed by atoms with Gasteiger partial charge in [-0.3, -0.25) is 9.59 Å². The van der Waals surface area contributed by atoms with Crippen molar-refractivity contribution < 1.29 is 22.8 Å². The van der Waals surface area contributed by atoms with Gasteiger partial charge in [0, 0.05) is 18.1 Å². The number of likely N-dealkylation sites (tertiary alicyclic amines) is 1. The first-order valence-electron chi connectivity index (χ1n) is 8.51. The minimum absolute atomic E-state index is 0. The van der Waals surface area contributed by atoms with E-state index in [1.807, 2.05) is 7.05 Å². The molecule has 1 saturated heterocycles. The third-order valence-corrected chi connectivity index (χ3v) is 4.57. The average Bonchev–Trinajstić information content (AvgIpc) is 2.61. The van der Waals surface area contributed by atoms with Gasteiger partial charge in [0.2, 0.25) is 0 Å². The molecule has 2 heterocycles. The van der Waals surface area contributed by atoms with E-state index in [9.17, 15) is 22.8 Å². The molecule has 0 bridgehead atoms. The molecular weight excluding hydrogens is 439 g/mol. The predicted molar refractivity (Wildman–Crippen MR) is 103 cm³/mol. The van der Waals surface area contributed by atoms with E-state index >= 15 is 0 Å². The highest BCUT2D eigenvalue weighted by Crippen LogP contribution is 2.21. The van der Waals surface area contributed by atoms with Crippen molar-refractivity contribution in [3.8, 4) is 0 Å². The van der Waals surface area contributed by atoms with Crippen molar-refractivity contribution in [3.05, 3.63) is 59.0 Å². The van der Waals surface area contributed by atoms with E-state index in [1.165, 1.54) is 18.2 Å². The first-order chi connectivity index (χ1) is 12.8. The van der Waals surface area contributed by atoms with Crippen molar-refractivity contribution in [3.63, 3.8) is 0 Å². The maximum atomic E-state index is 13.7. The largest absolute Gasteiger partial charge is 0.306 e. The fraction of sp³-hybridized carbons (Fsp3) is 0.316. The molecule has 1 aliphatic rings. The number of aromatic nitrogens is 1. The van der Waals surface area contributed by atoms with Crippen LogP contribution in [0.15, 0.2) is 30.3 Å². The van der Waals surface area contributed by atoms with Gasteiger partial charge >= 0.3 is 0 Å². The van der Waals surface area contributed by atoms with Crippen molar-refractivity contribution in [1.82, 2.24) is 9.88 Å². The molecule has 9 heteroatoms. The molecule has 0 saturated carbocycles. The van der Waals surface area contributed by atoms with Crippen LogP contribution in [0.4, 0.5) is 19.0 Å². The quantitative estimate of drug-likeness (QED) is 0.708. The van der Waals surface area contributed by atoms with Gasteiger partial charge in [0.15, 0.2) is 5.78 Å². The molecule has 0 spiro atoms. The van der Waals surface area contributed by atoms with Crippen molar-refractivity contribution in [2.24, 2.45) is 5.92 Å². The number of rotatable bonds is 4. The van der Waals surface area contributed by atoms with E-state index in [-0.39, 0.29) is 40.2 Å². The summed E-state index contributed by atoms with van der Waals surface area (Å²) in [5.74, 6) is -5.15. The Morgan fingerprint density at radius 2 is 1.71 bits per heavy atom. The third kappa shape index (κ3) is 4.96. The molecule has 1 aromatic heterocycles. The monoisotopic (exact) mass is 457 g/mol. The summed E-state index contributed by atoms with van der Waals surface area (Å²) in [6.45, 7) is 1.63. The smallest absolute Gasteiger partial charge is 0.262 e. The molecule has 1 fully saturated rings. The zero-order chi connectivity index (χ0) is 19.6. The van der Waals surface area contributed by atoms with Gasteiger partial charge in [0.25, 0.3) is 5.91 Å². The Balaban J connectivity index is 0.00000280. The molecular formula is C19H19BrF3N3O2. The Bertz CT molecular complexity index is 863. The summed E-state index contributed by atoms with van der Waals surface area (Å²) in [5.41, 5.74) is -0.729. The minimum atomic E-state index is -1.32. The maximum absolute atomic E-state index is 13.7. The number of carbonyl (C=O) groups is 2. The Labute approximate surface area is 170 Å². The van der Waals surface area contributed by atoms with Gasteiger partial charge in [-0.2, -0.15) is 0 Å². The number of anilines is 1. The maximum Gasteiger partial charge on any atom is 0.262 e. The summed E-state index contributed by atoms with van der Waals surface area (Å²) in [6, 6.07) is 5.32. The highest BCUT2D eigenvalue weighted by atomic mass is 79.9. The molecule has 1 amide bonds. The number of Topliss-reactive ketones (excluding diaryl/α,β-unsaturated/α-hetero) is 1. The summed E-state index contributed by atoms with van der Waals surface area (Å²) >= 11 is 0. The highest BCUT2D eigenvalue weighted by molar-refractivity contribution is 8.93. The molecule has 150 valence electrons. The standard InChI is InChI=1S/C19H18F3N3O2.BrH/c1-25-7-5-11(6-8-25)18(26)15-3-2-4-16(23-15)24-19(27)17-13(21)9-12(20)10-14(17)22;/h2-4,9-11H,5-8H2,1H3,(H,23,24,27);1H. The second-order valence-corrected chi connectivity index (χ2v) is 6.55. The molecule has 0 radical (unpaired) electrons. The van der Waals surface area contributed by atoms with E-state index < -0.39 is 28.9 Å². The first-order valence-corrected chi connectivity index (χ1v) is 8.51. The second-order valence-electron chi connectivity index (χ2n) is 6.55. The highest BCUT2D eigenvalue weighted by Gasteiger charge is 2.26. The lowest BCUT2D eigenvalue weighted by atomic mass is 9.91. The van der Waals surface area contributed by atoms with E-state index in [0.717, 1.165) is 25.9 Å². The predicted octanol–water partition coefficient (Wildman–Crippen LogP) is 3.85. The van der Waals surface area contributed by atoms with E-state index in [0.29, 0.717) is 12.1 Å². The zero-order valence-corrected chi connectivity index (χ0v) is 16.8. The van der Waals surface area contributed by atoms with Gasteiger partial charge in [0.05, 0.1) is 0 Å². The van der Waals surface area contributed by atoms with Crippen LogP contribution in [0.2, 0.25) is 0 Å². The normalized spacial score (nSPS) is 15.0. The van der Waals surface area contributed by atoms with Crippen LogP contribution in [0, 0.1) is 23.4 Å². The van der Waals surface area contributed by atoms with E-state index in [4.69, 9.17) is 0 Å². The van der Waals surface area contributed by atoms with Gasteiger partial charge in [0.1, 0.15) is 34.5 Å². The number of hydrogen-bond acceptors (Lipinski definition) is 4. The molecule has 5 nitrogen and oxygen atoms in total. The number of amides is 1. The number of benzene rings is 1. The number of pyridine rings is 1. The first kappa shape index (κ1) is 22.0. The molecule has 2 aromatic rings. The van der Waals surface area contributed by atoms with Crippen molar-refractivity contribution in [1.29, 1.82) is 0 Å². The Morgan fingerprint density at radius 3 is 2.32 bits per heavy atom. The minimum Gasteiger partial charge on any atom is -0.306 e. The number of nitrogens with zero attached hydrogens (tertiary/aromatic N) is 2. The van der Waals surface area contributed by atoms with Crippen molar-refractivity contribution >= 4 is 34.5 Å². The molecule has 1 aliphatic heterocycles. The van der Waals surface area contributed by atoms with Gasteiger partial charge < -0.3 is 10.2 Å². The summed E-state index contributed by atoms with van der Waals surface area (Å²) in [5, 5.41) is 2.25. The van der Waals surface area contributed by atoms with Gasteiger partial charge in [-0.15, -0.1) is 17.0 Å². The molecule has 28 heavy (non-hydrogen) atoms. The van der Waals surface area contributed by atoms with Crippen LogP contribution in [-0.4, -0.2) is 41.7 Å². The number of ketones is 1. The van der Waals surface area contributed by atoms with Crippen LogP contribution in [0.5, 0.6) is 0 Å². The molecule has 0 atom stereocenters. The Kier molecular flexibility index (Phi) is 7.31. The van der Waals surface area contributed by atoms with E-state index in [1.54, 1.807) is 0 Å². The number of hydrogen-bond donors (Lipinski definition) is 1. The van der Waals surface area contributed by atoms with Crippen LogP contribution >= 0.6 is 17.0 Å². The van der Waals surface area contributed by atoms with E-state index in [2.05, 4.69) is 15.2 Å². The van der Waals surface area contributed by atoms with Crippen LogP contribution in [0.1, 0.15) is 33.7 Å². The Hall–Kier alpha value is -2.26. The molecule has 3 rings (SSSR count).